The van der Waals surface area contributed by atoms with Crippen LogP contribution in [0.2, 0.25) is 0 Å². The maximum atomic E-state index is 2.50. The van der Waals surface area contributed by atoms with Gasteiger partial charge in [-0.15, -0.1) is 0 Å². The summed E-state index contributed by atoms with van der Waals surface area (Å²) in [5.74, 6) is 0. The van der Waals surface area contributed by atoms with Gasteiger partial charge in [0.1, 0.15) is 0 Å². The van der Waals surface area contributed by atoms with E-state index in [0.717, 1.165) is 0 Å². The van der Waals surface area contributed by atoms with E-state index in [1.807, 2.05) is 0 Å². The first-order valence-electron chi connectivity index (χ1n) is 10.1. The fourth-order valence-corrected chi connectivity index (χ4v) is 9.62. The Kier molecular flexibility index (Phi) is 5.42. The van der Waals surface area contributed by atoms with Gasteiger partial charge >= 0.3 is 0 Å². The van der Waals surface area contributed by atoms with Crippen LogP contribution in [0.25, 0.3) is 10.8 Å². The molecular weight excluding hydrogens is 362 g/mol. The molecule has 140 valence electrons. The van der Waals surface area contributed by atoms with Crippen LogP contribution < -0.4 is 15.9 Å². The van der Waals surface area contributed by atoms with E-state index in [2.05, 4.69) is 89.0 Å². The lowest BCUT2D eigenvalue weighted by Crippen LogP contribution is -2.22. The Hall–Kier alpha value is -1.22. The minimum Gasteiger partial charge on any atom is -0.0694 e. The van der Waals surface area contributed by atoms with Crippen LogP contribution in [-0.4, -0.2) is 18.0 Å². The van der Waals surface area contributed by atoms with E-state index in [4.69, 9.17) is 0 Å². The van der Waals surface area contributed by atoms with Gasteiger partial charge in [-0.2, -0.15) is 0 Å². The summed E-state index contributed by atoms with van der Waals surface area (Å²) in [6, 6.07) is 20.9. The predicted molar refractivity (Wildman–Crippen MR) is 127 cm³/mol. The Bertz CT molecular complexity index is 939. The molecule has 0 amide bonds. The molecule has 1 atom stereocenters. The normalized spacial score (nSPS) is 14.7. The van der Waals surface area contributed by atoms with Crippen molar-refractivity contribution in [2.75, 3.05) is 6.66 Å². The maximum Gasteiger partial charge on any atom is -0.00210 e. The lowest BCUT2D eigenvalue weighted by Gasteiger charge is -2.29. The Morgan fingerprint density at radius 1 is 0.667 bits per heavy atom. The molecule has 1 unspecified atom stereocenters. The second-order valence-corrected chi connectivity index (χ2v) is 13.7. The summed E-state index contributed by atoms with van der Waals surface area (Å²) in [5, 5.41) is 7.94. The van der Waals surface area contributed by atoms with Crippen molar-refractivity contribution in [1.82, 2.24) is 0 Å². The van der Waals surface area contributed by atoms with Gasteiger partial charge in [0.25, 0.3) is 0 Å². The topological polar surface area (TPSA) is 0 Å². The van der Waals surface area contributed by atoms with Crippen LogP contribution in [-0.2, 0) is 12.8 Å². The molecule has 0 fully saturated rings. The number of aryl methyl sites for hydroxylation is 2. The van der Waals surface area contributed by atoms with Gasteiger partial charge in [-0.05, 0) is 76.6 Å². The lowest BCUT2D eigenvalue weighted by atomic mass is 10.1. The quantitative estimate of drug-likeness (QED) is 0.473. The van der Waals surface area contributed by atoms with Crippen LogP contribution in [0.3, 0.4) is 0 Å². The van der Waals surface area contributed by atoms with Crippen molar-refractivity contribution < 1.29 is 0 Å². The molecule has 0 saturated carbocycles. The molecule has 3 aromatic rings. The highest BCUT2D eigenvalue weighted by Gasteiger charge is 2.27. The van der Waals surface area contributed by atoms with Crippen molar-refractivity contribution in [2.24, 2.45) is 0 Å². The summed E-state index contributed by atoms with van der Waals surface area (Å²) < 4.78 is 0. The van der Waals surface area contributed by atoms with Crippen LogP contribution in [0.1, 0.15) is 38.8 Å². The molecule has 1 aliphatic rings. The Balaban J connectivity index is 2.01. The summed E-state index contributed by atoms with van der Waals surface area (Å²) in [5.41, 5.74) is 4.58. The van der Waals surface area contributed by atoms with Gasteiger partial charge in [0, 0.05) is 0 Å². The third-order valence-corrected chi connectivity index (χ3v) is 11.2. The Morgan fingerprint density at radius 3 is 1.78 bits per heavy atom. The van der Waals surface area contributed by atoms with Gasteiger partial charge in [-0.3, -0.25) is 0 Å². The highest BCUT2D eigenvalue weighted by Crippen LogP contribution is 2.48. The molecule has 0 heterocycles. The average Bonchev–Trinajstić information content (AvgIpc) is 3.08. The van der Waals surface area contributed by atoms with Crippen molar-refractivity contribution in [3.63, 3.8) is 0 Å². The molecule has 0 saturated heterocycles. The molecule has 2 heteroatoms. The van der Waals surface area contributed by atoms with Crippen LogP contribution in [0.5, 0.6) is 0 Å². The molecule has 0 spiro atoms. The summed E-state index contributed by atoms with van der Waals surface area (Å²) in [6.45, 7) is 12.1. The van der Waals surface area contributed by atoms with E-state index in [-0.39, 0.29) is 15.8 Å². The predicted octanol–water partition coefficient (Wildman–Crippen LogP) is 5.92. The molecule has 0 nitrogen and oxygen atoms in total. The van der Waals surface area contributed by atoms with E-state index in [1.54, 1.807) is 32.5 Å². The van der Waals surface area contributed by atoms with Gasteiger partial charge in [-0.25, -0.2) is 0 Å². The SMILES string of the molecule is CC(C)P(c1ccc2c3c(ccc(P(C)c4ccccc4)c13)CC2)C(C)C. The Morgan fingerprint density at radius 2 is 1.22 bits per heavy atom. The van der Waals surface area contributed by atoms with Crippen molar-refractivity contribution in [3.8, 4) is 0 Å². The minimum absolute atomic E-state index is 0.170. The van der Waals surface area contributed by atoms with E-state index >= 15 is 0 Å². The van der Waals surface area contributed by atoms with Gasteiger partial charge in [0.2, 0.25) is 0 Å². The molecule has 0 bridgehead atoms. The highest BCUT2D eigenvalue weighted by molar-refractivity contribution is 7.73. The van der Waals surface area contributed by atoms with Gasteiger partial charge in [0.15, 0.2) is 0 Å². The highest BCUT2D eigenvalue weighted by atomic mass is 31.1. The number of rotatable bonds is 5. The zero-order valence-corrected chi connectivity index (χ0v) is 18.9. The van der Waals surface area contributed by atoms with Gasteiger partial charge in [-0.1, -0.05) is 90.2 Å². The van der Waals surface area contributed by atoms with Crippen molar-refractivity contribution in [3.05, 3.63) is 65.7 Å². The zero-order chi connectivity index (χ0) is 19.1. The van der Waals surface area contributed by atoms with E-state index < -0.39 is 0 Å². The maximum absolute atomic E-state index is 2.50. The molecule has 0 radical (unpaired) electrons. The molecule has 0 N–H and O–H groups in total. The van der Waals surface area contributed by atoms with Crippen LogP contribution in [0.15, 0.2) is 54.6 Å². The third kappa shape index (κ3) is 3.37. The molecule has 0 aromatic heterocycles. The number of hydrogen-bond acceptors (Lipinski definition) is 0. The first kappa shape index (κ1) is 19.1. The zero-order valence-electron chi connectivity index (χ0n) is 17.2. The van der Waals surface area contributed by atoms with Crippen LogP contribution >= 0.6 is 15.8 Å². The minimum atomic E-state index is -0.337. The standard InChI is InChI=1S/C25H30P2/c1-17(2)27(18(3)4)23-16-14-20-12-11-19-13-15-22(25(23)24(19)20)26(5)21-9-7-6-8-10-21/h6-10,13-18H,11-12H2,1-5H3. The summed E-state index contributed by atoms with van der Waals surface area (Å²) in [6.07, 6.45) is 2.42. The van der Waals surface area contributed by atoms with E-state index in [9.17, 15) is 0 Å². The molecule has 27 heavy (non-hydrogen) atoms. The summed E-state index contributed by atoms with van der Waals surface area (Å²) >= 11 is 0. The van der Waals surface area contributed by atoms with E-state index in [1.165, 1.54) is 18.1 Å². The second-order valence-electron chi connectivity index (χ2n) is 8.23. The molecular formula is C25H30P2. The van der Waals surface area contributed by atoms with Crippen molar-refractivity contribution >= 4 is 42.5 Å². The monoisotopic (exact) mass is 392 g/mol. The largest absolute Gasteiger partial charge is 0.0694 e. The number of hydrogen-bond donors (Lipinski definition) is 0. The van der Waals surface area contributed by atoms with Crippen LogP contribution in [0.4, 0.5) is 0 Å². The summed E-state index contributed by atoms with van der Waals surface area (Å²) in [4.78, 5) is 0. The smallest absolute Gasteiger partial charge is 0.00210 e. The summed E-state index contributed by atoms with van der Waals surface area (Å²) in [7, 11) is -0.507. The molecule has 4 rings (SSSR count). The molecule has 0 aliphatic heterocycles. The first-order valence-corrected chi connectivity index (χ1v) is 13.4. The second kappa shape index (κ2) is 7.66. The molecule has 1 aliphatic carbocycles. The Labute approximate surface area is 166 Å². The third-order valence-electron chi connectivity index (χ3n) is 5.85. The fraction of sp³-hybridized carbons (Fsp3) is 0.360. The lowest BCUT2D eigenvalue weighted by molar-refractivity contribution is 1.02. The van der Waals surface area contributed by atoms with Gasteiger partial charge in [0.05, 0.1) is 0 Å². The van der Waals surface area contributed by atoms with Crippen molar-refractivity contribution in [2.45, 2.75) is 51.9 Å². The van der Waals surface area contributed by atoms with Crippen LogP contribution in [0, 0.1) is 0 Å². The van der Waals surface area contributed by atoms with Gasteiger partial charge < -0.3 is 0 Å². The van der Waals surface area contributed by atoms with Crippen molar-refractivity contribution in [1.29, 1.82) is 0 Å². The average molecular weight is 392 g/mol. The fourth-order valence-electron chi connectivity index (χ4n) is 4.73. The van der Waals surface area contributed by atoms with E-state index in [0.29, 0.717) is 11.3 Å². The number of benzene rings is 3. The first-order chi connectivity index (χ1) is 13.0. The molecule has 3 aromatic carbocycles.